The molecule has 70 valence electrons. The topological polar surface area (TPSA) is 29.1 Å². The molecule has 0 saturated heterocycles. The summed E-state index contributed by atoms with van der Waals surface area (Å²) in [6, 6.07) is 1.91. The van der Waals surface area contributed by atoms with E-state index in [1.807, 2.05) is 32.2 Å². The van der Waals surface area contributed by atoms with Gasteiger partial charge < -0.3 is 5.32 Å². The van der Waals surface area contributed by atoms with Gasteiger partial charge in [-0.15, -0.1) is 11.3 Å². The molecule has 0 amide bonds. The van der Waals surface area contributed by atoms with Gasteiger partial charge in [0.25, 0.3) is 0 Å². The summed E-state index contributed by atoms with van der Waals surface area (Å²) in [5.74, 6) is 0. The number of hydrogen-bond donors (Lipinski definition) is 1. The lowest BCUT2D eigenvalue weighted by Gasteiger charge is -1.89. The van der Waals surface area contributed by atoms with Crippen LogP contribution in [0.1, 0.15) is 20.1 Å². The van der Waals surface area contributed by atoms with Gasteiger partial charge in [0, 0.05) is 11.4 Å². The molecular weight excluding hydrogens is 182 g/mol. The van der Waals surface area contributed by atoms with E-state index in [4.69, 9.17) is 0 Å². The first-order chi connectivity index (χ1) is 6.27. The van der Waals surface area contributed by atoms with Crippen LogP contribution in [0.4, 0.5) is 0 Å². The van der Waals surface area contributed by atoms with Gasteiger partial charge in [0.15, 0.2) is 6.29 Å². The van der Waals surface area contributed by atoms with Gasteiger partial charge in [-0.25, -0.2) is 0 Å². The highest BCUT2D eigenvalue weighted by Gasteiger charge is 2.00. The maximum atomic E-state index is 10.5. The fourth-order valence-electron chi connectivity index (χ4n) is 1.03. The van der Waals surface area contributed by atoms with Crippen molar-refractivity contribution in [1.82, 2.24) is 5.32 Å². The maximum Gasteiger partial charge on any atom is 0.160 e. The summed E-state index contributed by atoms with van der Waals surface area (Å²) in [6.45, 7) is 2.87. The van der Waals surface area contributed by atoms with E-state index in [9.17, 15) is 4.79 Å². The summed E-state index contributed by atoms with van der Waals surface area (Å²) < 4.78 is 0. The lowest BCUT2D eigenvalue weighted by molar-refractivity contribution is 0.112. The van der Waals surface area contributed by atoms with Crippen LogP contribution >= 0.6 is 11.3 Å². The number of likely N-dealkylation sites (N-methyl/N-ethyl adjacent to an activating group) is 1. The first-order valence-corrected chi connectivity index (χ1v) is 4.96. The lowest BCUT2D eigenvalue weighted by Crippen LogP contribution is -2.03. The fraction of sp³-hybridized carbons (Fsp3) is 0.300. The Kier molecular flexibility index (Phi) is 3.86. The van der Waals surface area contributed by atoms with Gasteiger partial charge in [0.05, 0.1) is 4.88 Å². The minimum Gasteiger partial charge on any atom is -0.316 e. The minimum absolute atomic E-state index is 0.793. The Morgan fingerprint density at radius 1 is 1.62 bits per heavy atom. The highest BCUT2D eigenvalue weighted by atomic mass is 32.1. The average Bonchev–Trinajstić information content (AvgIpc) is 2.48. The Balaban J connectivity index is 2.76. The van der Waals surface area contributed by atoms with Gasteiger partial charge in [-0.3, -0.25) is 4.79 Å². The number of aldehydes is 1. The van der Waals surface area contributed by atoms with Crippen LogP contribution in [-0.2, 0) is 0 Å². The second-order valence-electron chi connectivity index (χ2n) is 2.77. The van der Waals surface area contributed by atoms with E-state index < -0.39 is 0 Å². The minimum atomic E-state index is 0.793. The molecule has 1 rings (SSSR count). The Labute approximate surface area is 82.3 Å². The molecule has 0 unspecified atom stereocenters. The number of nitrogens with one attached hydrogen (secondary N) is 1. The van der Waals surface area contributed by atoms with E-state index >= 15 is 0 Å². The van der Waals surface area contributed by atoms with Crippen molar-refractivity contribution >= 4 is 23.7 Å². The zero-order valence-corrected chi connectivity index (χ0v) is 8.65. The van der Waals surface area contributed by atoms with Crippen molar-refractivity contribution in [1.29, 1.82) is 0 Å². The number of thiophene rings is 1. The van der Waals surface area contributed by atoms with Crippen LogP contribution in [-0.4, -0.2) is 19.9 Å². The molecule has 13 heavy (non-hydrogen) atoms. The van der Waals surface area contributed by atoms with Crippen LogP contribution in [0.25, 0.3) is 6.08 Å². The zero-order valence-electron chi connectivity index (χ0n) is 7.83. The quantitative estimate of drug-likeness (QED) is 0.745. The molecule has 1 heterocycles. The number of aryl methyl sites for hydroxylation is 1. The molecule has 0 saturated carbocycles. The SMILES string of the molecule is CNCC=Cc1sc(C=O)cc1C. The third-order valence-electron chi connectivity index (χ3n) is 1.68. The van der Waals surface area contributed by atoms with E-state index in [0.29, 0.717) is 0 Å². The van der Waals surface area contributed by atoms with Crippen LogP contribution < -0.4 is 5.32 Å². The fourth-order valence-corrected chi connectivity index (χ4v) is 1.95. The monoisotopic (exact) mass is 195 g/mol. The van der Waals surface area contributed by atoms with Crippen molar-refractivity contribution < 1.29 is 4.79 Å². The van der Waals surface area contributed by atoms with Crippen LogP contribution in [0, 0.1) is 6.92 Å². The average molecular weight is 195 g/mol. The van der Waals surface area contributed by atoms with Crippen LogP contribution in [0.2, 0.25) is 0 Å². The first kappa shape index (κ1) is 10.2. The Morgan fingerprint density at radius 2 is 2.38 bits per heavy atom. The molecule has 0 aliphatic rings. The molecule has 0 bridgehead atoms. The summed E-state index contributed by atoms with van der Waals surface area (Å²) in [5, 5.41) is 3.03. The molecule has 0 atom stereocenters. The normalized spacial score (nSPS) is 10.9. The number of hydrogen-bond acceptors (Lipinski definition) is 3. The highest BCUT2D eigenvalue weighted by molar-refractivity contribution is 7.14. The Hall–Kier alpha value is -0.930. The third-order valence-corrected chi connectivity index (χ3v) is 2.81. The third kappa shape index (κ3) is 2.79. The van der Waals surface area contributed by atoms with Gasteiger partial charge >= 0.3 is 0 Å². The predicted octanol–water partition coefficient (Wildman–Crippen LogP) is 2.10. The summed E-state index contributed by atoms with van der Waals surface area (Å²) in [7, 11) is 1.91. The Bertz CT molecular complexity index is 315. The largest absolute Gasteiger partial charge is 0.316 e. The molecule has 0 aliphatic heterocycles. The second kappa shape index (κ2) is 4.94. The summed E-state index contributed by atoms with van der Waals surface area (Å²) in [5.41, 5.74) is 1.17. The van der Waals surface area contributed by atoms with E-state index in [1.165, 1.54) is 16.9 Å². The summed E-state index contributed by atoms with van der Waals surface area (Å²) in [4.78, 5) is 12.4. The number of carbonyl (C=O) groups excluding carboxylic acids is 1. The van der Waals surface area contributed by atoms with Gasteiger partial charge in [-0.1, -0.05) is 6.08 Å². The van der Waals surface area contributed by atoms with Gasteiger partial charge in [0.2, 0.25) is 0 Å². The highest BCUT2D eigenvalue weighted by Crippen LogP contribution is 2.21. The molecule has 0 aliphatic carbocycles. The van der Waals surface area contributed by atoms with E-state index in [2.05, 4.69) is 5.32 Å². The van der Waals surface area contributed by atoms with Crippen molar-refractivity contribution in [2.75, 3.05) is 13.6 Å². The molecule has 2 nitrogen and oxygen atoms in total. The van der Waals surface area contributed by atoms with Crippen LogP contribution in [0.15, 0.2) is 12.1 Å². The molecular formula is C10H13NOS. The molecule has 0 fully saturated rings. The zero-order chi connectivity index (χ0) is 9.68. The first-order valence-electron chi connectivity index (χ1n) is 4.14. The standard InChI is InChI=1S/C10H13NOS/c1-8-6-9(7-12)13-10(8)4-3-5-11-2/h3-4,6-7,11H,5H2,1-2H3. The van der Waals surface area contributed by atoms with Crippen LogP contribution in [0.5, 0.6) is 0 Å². The molecule has 1 N–H and O–H groups in total. The van der Waals surface area contributed by atoms with E-state index in [0.717, 1.165) is 22.6 Å². The van der Waals surface area contributed by atoms with E-state index in [1.54, 1.807) is 0 Å². The summed E-state index contributed by atoms with van der Waals surface area (Å²) >= 11 is 1.53. The van der Waals surface area contributed by atoms with Crippen molar-refractivity contribution in [3.63, 3.8) is 0 Å². The number of carbonyl (C=O) groups is 1. The van der Waals surface area contributed by atoms with Gasteiger partial charge in [-0.2, -0.15) is 0 Å². The summed E-state index contributed by atoms with van der Waals surface area (Å²) in [6.07, 6.45) is 4.99. The molecule has 0 aromatic carbocycles. The van der Waals surface area contributed by atoms with Crippen molar-refractivity contribution in [2.24, 2.45) is 0 Å². The molecule has 0 spiro atoms. The van der Waals surface area contributed by atoms with Crippen molar-refractivity contribution in [3.8, 4) is 0 Å². The van der Waals surface area contributed by atoms with Gasteiger partial charge in [0.1, 0.15) is 0 Å². The molecule has 0 radical (unpaired) electrons. The lowest BCUT2D eigenvalue weighted by atomic mass is 10.2. The molecule has 1 aromatic heterocycles. The molecule has 1 aromatic rings. The number of rotatable bonds is 4. The maximum absolute atomic E-state index is 10.5. The smallest absolute Gasteiger partial charge is 0.160 e. The van der Waals surface area contributed by atoms with E-state index in [-0.39, 0.29) is 0 Å². The second-order valence-corrected chi connectivity index (χ2v) is 3.89. The molecule has 3 heteroatoms. The predicted molar refractivity (Wildman–Crippen MR) is 57.4 cm³/mol. The van der Waals surface area contributed by atoms with Crippen molar-refractivity contribution in [3.05, 3.63) is 27.5 Å². The van der Waals surface area contributed by atoms with Crippen LogP contribution in [0.3, 0.4) is 0 Å². The van der Waals surface area contributed by atoms with Gasteiger partial charge in [-0.05, 0) is 31.7 Å². The Morgan fingerprint density at radius 3 is 2.92 bits per heavy atom. The van der Waals surface area contributed by atoms with Crippen molar-refractivity contribution in [2.45, 2.75) is 6.92 Å².